The average Bonchev–Trinajstić information content (AvgIpc) is 3.59. The molecular formula is C28H36N4O4S2. The fourth-order valence-corrected chi connectivity index (χ4v) is 8.52. The number of hydrogen-bond donors (Lipinski definition) is 1. The van der Waals surface area contributed by atoms with Gasteiger partial charge in [-0.25, -0.2) is 18.4 Å². The Balaban J connectivity index is 1.40. The van der Waals surface area contributed by atoms with Crippen LogP contribution in [0.2, 0.25) is 0 Å². The lowest BCUT2D eigenvalue weighted by molar-refractivity contribution is -0.119. The van der Waals surface area contributed by atoms with Gasteiger partial charge in [-0.1, -0.05) is 56.1 Å². The smallest absolute Gasteiger partial charge is 0.233 e. The number of thiazole rings is 1. The Labute approximate surface area is 228 Å². The molecule has 2 aromatic heterocycles. The highest BCUT2D eigenvalue weighted by atomic mass is 32.2. The number of amides is 1. The number of likely N-dealkylation sites (tertiary alicyclic amines) is 1. The zero-order valence-electron chi connectivity index (χ0n) is 22.2. The van der Waals surface area contributed by atoms with E-state index >= 15 is 0 Å². The lowest BCUT2D eigenvalue weighted by Gasteiger charge is -2.29. The van der Waals surface area contributed by atoms with Crippen molar-refractivity contribution >= 4 is 42.6 Å². The van der Waals surface area contributed by atoms with Crippen molar-refractivity contribution in [3.63, 3.8) is 0 Å². The number of anilines is 1. The second kappa shape index (κ2) is 11.3. The van der Waals surface area contributed by atoms with Crippen molar-refractivity contribution < 1.29 is 17.9 Å². The van der Waals surface area contributed by atoms with E-state index in [1.54, 1.807) is 25.3 Å². The van der Waals surface area contributed by atoms with Crippen molar-refractivity contribution in [2.24, 2.45) is 11.8 Å². The van der Waals surface area contributed by atoms with E-state index in [4.69, 9.17) is 4.74 Å². The lowest BCUT2D eigenvalue weighted by atomic mass is 9.78. The van der Waals surface area contributed by atoms with Crippen molar-refractivity contribution in [1.82, 2.24) is 14.9 Å². The molecule has 0 radical (unpaired) electrons. The molecule has 3 aromatic rings. The first-order valence-corrected chi connectivity index (χ1v) is 15.8. The van der Waals surface area contributed by atoms with Crippen molar-refractivity contribution in [2.45, 2.75) is 61.5 Å². The van der Waals surface area contributed by atoms with Gasteiger partial charge in [-0.15, -0.1) is 0 Å². The van der Waals surface area contributed by atoms with E-state index in [-0.39, 0.29) is 17.1 Å². The molecule has 1 aliphatic carbocycles. The molecule has 0 spiro atoms. The van der Waals surface area contributed by atoms with Gasteiger partial charge in [0.15, 0.2) is 15.0 Å². The largest absolute Gasteiger partial charge is 0.481 e. The maximum Gasteiger partial charge on any atom is 0.233 e. The number of rotatable bonds is 8. The summed E-state index contributed by atoms with van der Waals surface area (Å²) in [5.41, 5.74) is 1.54. The minimum absolute atomic E-state index is 0.112. The van der Waals surface area contributed by atoms with Crippen LogP contribution in [0.15, 0.2) is 41.3 Å². The third kappa shape index (κ3) is 5.58. The van der Waals surface area contributed by atoms with E-state index in [2.05, 4.69) is 27.1 Å². The predicted molar refractivity (Wildman–Crippen MR) is 151 cm³/mol. The van der Waals surface area contributed by atoms with Crippen molar-refractivity contribution in [2.75, 3.05) is 32.6 Å². The zero-order chi connectivity index (χ0) is 26.9. The summed E-state index contributed by atoms with van der Waals surface area (Å²) >= 11 is 1.32. The number of carbonyl (C=O) groups excluding carboxylic acids is 1. The van der Waals surface area contributed by atoms with E-state index in [1.807, 2.05) is 25.2 Å². The molecule has 1 aliphatic heterocycles. The molecule has 1 aromatic carbocycles. The molecule has 8 nitrogen and oxygen atoms in total. The number of aromatic nitrogens is 2. The molecule has 2 atom stereocenters. The van der Waals surface area contributed by atoms with E-state index in [0.29, 0.717) is 45.0 Å². The Morgan fingerprint density at radius 1 is 1.05 bits per heavy atom. The predicted octanol–water partition coefficient (Wildman–Crippen LogP) is 5.12. The summed E-state index contributed by atoms with van der Waals surface area (Å²) < 4.78 is 31.8. The van der Waals surface area contributed by atoms with Crippen LogP contribution in [0.5, 0.6) is 5.88 Å². The van der Waals surface area contributed by atoms with Crippen LogP contribution < -0.4 is 10.1 Å². The van der Waals surface area contributed by atoms with Crippen LogP contribution in [0.25, 0.3) is 10.3 Å². The van der Waals surface area contributed by atoms with E-state index in [9.17, 15) is 13.2 Å². The molecule has 38 heavy (non-hydrogen) atoms. The number of sulfone groups is 1. The third-order valence-electron chi connectivity index (χ3n) is 8.29. The van der Waals surface area contributed by atoms with Gasteiger partial charge in [-0.2, -0.15) is 0 Å². The Kier molecular flexibility index (Phi) is 8.02. The minimum atomic E-state index is -3.41. The van der Waals surface area contributed by atoms with Crippen LogP contribution >= 0.6 is 11.3 Å². The van der Waals surface area contributed by atoms with E-state index in [0.717, 1.165) is 31.5 Å². The maximum absolute atomic E-state index is 13.8. The standard InChI is InChI=1S/C28H36N4O4S2/c1-18(19-6-4-5-7-19)25(26(33)31-28-29-23-12-13-24(36-3)30-27(23)37-28)20-8-10-21(11-9-20)38(34,35)22-14-16-32(2)17-15-22/h8-13,18-19,22,25H,4-7,14-17H2,1-3H3,(H,29,31,33). The molecule has 204 valence electrons. The van der Waals surface area contributed by atoms with Crippen LogP contribution in [0, 0.1) is 11.8 Å². The number of methoxy groups -OCH3 is 1. The SMILES string of the molecule is COc1ccc2nc(NC(=O)C(c3ccc(S(=O)(=O)C4CCN(C)CC4)cc3)C(C)C3CCCC3)sc2n1. The molecule has 1 saturated heterocycles. The summed E-state index contributed by atoms with van der Waals surface area (Å²) in [6.07, 6.45) is 5.88. The Morgan fingerprint density at radius 3 is 2.39 bits per heavy atom. The van der Waals surface area contributed by atoms with Crippen molar-refractivity contribution in [3.05, 3.63) is 42.0 Å². The first-order valence-electron chi connectivity index (χ1n) is 13.4. The molecule has 1 saturated carbocycles. The summed E-state index contributed by atoms with van der Waals surface area (Å²) in [4.78, 5) is 25.9. The minimum Gasteiger partial charge on any atom is -0.481 e. The number of fused-ring (bicyclic) bond motifs is 1. The first kappa shape index (κ1) is 27.0. The fourth-order valence-electron chi connectivity index (χ4n) is 5.95. The molecule has 5 rings (SSSR count). The number of carbonyl (C=O) groups is 1. The zero-order valence-corrected chi connectivity index (χ0v) is 23.9. The molecule has 2 aliphatic rings. The van der Waals surface area contributed by atoms with Gasteiger partial charge in [-0.05, 0) is 68.6 Å². The Morgan fingerprint density at radius 2 is 1.74 bits per heavy atom. The van der Waals surface area contributed by atoms with E-state index in [1.165, 1.54) is 24.2 Å². The highest BCUT2D eigenvalue weighted by Crippen LogP contribution is 2.40. The summed E-state index contributed by atoms with van der Waals surface area (Å²) in [6, 6.07) is 10.6. The Hall–Kier alpha value is -2.56. The Bertz CT molecular complexity index is 1380. The number of pyridine rings is 1. The van der Waals surface area contributed by atoms with Crippen LogP contribution in [0.4, 0.5) is 5.13 Å². The molecule has 2 fully saturated rings. The van der Waals surface area contributed by atoms with Gasteiger partial charge >= 0.3 is 0 Å². The normalized spacial score (nSPS) is 19.4. The average molecular weight is 557 g/mol. The lowest BCUT2D eigenvalue weighted by Crippen LogP contribution is -2.37. The summed E-state index contributed by atoms with van der Waals surface area (Å²) in [7, 11) is 0.185. The number of benzene rings is 1. The quantitative estimate of drug-likeness (QED) is 0.411. The number of nitrogens with one attached hydrogen (secondary N) is 1. The van der Waals surface area contributed by atoms with Gasteiger partial charge in [0.1, 0.15) is 10.3 Å². The van der Waals surface area contributed by atoms with Gasteiger partial charge < -0.3 is 15.0 Å². The number of hydrogen-bond acceptors (Lipinski definition) is 8. The summed E-state index contributed by atoms with van der Waals surface area (Å²) in [5, 5.41) is 3.18. The topological polar surface area (TPSA) is 101 Å². The van der Waals surface area contributed by atoms with Crippen LogP contribution in [-0.2, 0) is 14.6 Å². The number of nitrogens with zero attached hydrogens (tertiary/aromatic N) is 3. The highest BCUT2D eigenvalue weighted by molar-refractivity contribution is 7.92. The van der Waals surface area contributed by atoms with Gasteiger partial charge in [-0.3, -0.25) is 4.79 Å². The van der Waals surface area contributed by atoms with Crippen LogP contribution in [-0.4, -0.2) is 61.7 Å². The monoisotopic (exact) mass is 556 g/mol. The second-order valence-corrected chi connectivity index (χ2v) is 13.9. The highest BCUT2D eigenvalue weighted by Gasteiger charge is 2.35. The maximum atomic E-state index is 13.8. The molecule has 3 heterocycles. The van der Waals surface area contributed by atoms with E-state index < -0.39 is 15.8 Å². The fraction of sp³-hybridized carbons (Fsp3) is 0.536. The van der Waals surface area contributed by atoms with Crippen molar-refractivity contribution in [3.8, 4) is 5.88 Å². The van der Waals surface area contributed by atoms with Gasteiger partial charge in [0.05, 0.1) is 23.2 Å². The summed E-state index contributed by atoms with van der Waals surface area (Å²) in [5.74, 6) is 0.534. The molecule has 10 heteroatoms. The summed E-state index contributed by atoms with van der Waals surface area (Å²) in [6.45, 7) is 3.72. The van der Waals surface area contributed by atoms with Crippen molar-refractivity contribution in [1.29, 1.82) is 0 Å². The molecule has 0 bridgehead atoms. The second-order valence-electron chi connectivity index (χ2n) is 10.7. The molecule has 1 amide bonds. The van der Waals surface area contributed by atoms with Crippen LogP contribution in [0.3, 0.4) is 0 Å². The number of piperidine rings is 1. The van der Waals surface area contributed by atoms with Gasteiger partial charge in [0.2, 0.25) is 11.8 Å². The van der Waals surface area contributed by atoms with Gasteiger partial charge in [0, 0.05) is 6.07 Å². The number of ether oxygens (including phenoxy) is 1. The molecule has 2 unspecified atom stereocenters. The molecular weight excluding hydrogens is 520 g/mol. The van der Waals surface area contributed by atoms with Gasteiger partial charge in [0.25, 0.3) is 0 Å². The van der Waals surface area contributed by atoms with Crippen LogP contribution in [0.1, 0.15) is 56.9 Å². The first-order chi connectivity index (χ1) is 18.3. The third-order valence-corrected chi connectivity index (χ3v) is 11.5. The molecule has 1 N–H and O–H groups in total.